The maximum absolute atomic E-state index is 13.2. The number of anilines is 1. The van der Waals surface area contributed by atoms with E-state index in [9.17, 15) is 19.2 Å². The summed E-state index contributed by atoms with van der Waals surface area (Å²) in [7, 11) is 1.51. The SMILES string of the molecule is COc1ccc(C(=O)N2CCC(OC3CCN(CCC=O)CC3)CC2)cc1N1CCC(=O)NC1=O. The maximum atomic E-state index is 13.2. The van der Waals surface area contributed by atoms with Gasteiger partial charge < -0.3 is 24.1 Å². The number of rotatable bonds is 8. The molecule has 3 saturated heterocycles. The smallest absolute Gasteiger partial charge is 0.328 e. The number of carbonyl (C=O) groups excluding carboxylic acids is 4. The van der Waals surface area contributed by atoms with Crippen LogP contribution < -0.4 is 15.0 Å². The summed E-state index contributed by atoms with van der Waals surface area (Å²) < 4.78 is 11.7. The number of imide groups is 1. The van der Waals surface area contributed by atoms with Crippen LogP contribution in [0.1, 0.15) is 48.9 Å². The van der Waals surface area contributed by atoms with Crippen molar-refractivity contribution in [3.8, 4) is 5.75 Å². The van der Waals surface area contributed by atoms with Gasteiger partial charge in [0.25, 0.3) is 5.91 Å². The average molecular weight is 487 g/mol. The van der Waals surface area contributed by atoms with Gasteiger partial charge in [0.2, 0.25) is 5.91 Å². The predicted molar refractivity (Wildman–Crippen MR) is 129 cm³/mol. The Bertz CT molecular complexity index is 938. The number of amides is 4. The molecule has 4 amide bonds. The van der Waals surface area contributed by atoms with Crippen molar-refractivity contribution < 1.29 is 28.7 Å². The molecule has 10 nitrogen and oxygen atoms in total. The average Bonchev–Trinajstić information content (AvgIpc) is 2.88. The van der Waals surface area contributed by atoms with Crippen molar-refractivity contribution in [1.29, 1.82) is 0 Å². The molecule has 3 heterocycles. The van der Waals surface area contributed by atoms with E-state index in [1.54, 1.807) is 18.2 Å². The number of urea groups is 1. The van der Waals surface area contributed by atoms with Crippen LogP contribution in [-0.2, 0) is 14.3 Å². The van der Waals surface area contributed by atoms with Gasteiger partial charge in [-0.05, 0) is 43.9 Å². The number of benzene rings is 1. The Morgan fingerprint density at radius 2 is 1.74 bits per heavy atom. The van der Waals surface area contributed by atoms with Crippen LogP contribution in [0.15, 0.2) is 18.2 Å². The summed E-state index contributed by atoms with van der Waals surface area (Å²) in [5.74, 6) is 0.0608. The highest BCUT2D eigenvalue weighted by Crippen LogP contribution is 2.31. The molecule has 4 rings (SSSR count). The standard InChI is InChI=1S/C25H34N4O6/c1-34-22-4-3-18(17-21(22)29-15-9-23(31)26-25(29)33)24(32)28-13-7-20(8-14-28)35-19-5-11-27(12-6-19)10-2-16-30/h3-4,16-17,19-20H,2,5-15H2,1H3,(H,26,31,33). The first-order valence-corrected chi connectivity index (χ1v) is 12.4. The van der Waals surface area contributed by atoms with Gasteiger partial charge in [-0.25, -0.2) is 4.79 Å². The Labute approximate surface area is 205 Å². The first-order valence-electron chi connectivity index (χ1n) is 12.4. The molecular weight excluding hydrogens is 452 g/mol. The largest absolute Gasteiger partial charge is 0.495 e. The minimum Gasteiger partial charge on any atom is -0.495 e. The Morgan fingerprint density at radius 3 is 2.37 bits per heavy atom. The number of nitrogens with one attached hydrogen (secondary N) is 1. The summed E-state index contributed by atoms with van der Waals surface area (Å²) in [6.07, 6.45) is 5.65. The molecule has 1 aromatic carbocycles. The molecule has 0 bridgehead atoms. The second-order valence-corrected chi connectivity index (χ2v) is 9.27. The van der Waals surface area contributed by atoms with E-state index in [0.717, 1.165) is 51.6 Å². The van der Waals surface area contributed by atoms with Crippen LogP contribution >= 0.6 is 0 Å². The van der Waals surface area contributed by atoms with Crippen molar-refractivity contribution in [2.24, 2.45) is 0 Å². The number of nitrogens with zero attached hydrogens (tertiary/aromatic N) is 3. The molecule has 1 aromatic rings. The van der Waals surface area contributed by atoms with Gasteiger partial charge in [-0.2, -0.15) is 0 Å². The molecule has 1 N–H and O–H groups in total. The molecule has 0 aliphatic carbocycles. The molecular formula is C25H34N4O6. The highest BCUT2D eigenvalue weighted by molar-refractivity contribution is 6.07. The summed E-state index contributed by atoms with van der Waals surface area (Å²) >= 11 is 0. The molecule has 0 spiro atoms. The molecule has 0 aromatic heterocycles. The first-order chi connectivity index (χ1) is 17.0. The molecule has 190 valence electrons. The van der Waals surface area contributed by atoms with Crippen LogP contribution in [0.4, 0.5) is 10.5 Å². The Morgan fingerprint density at radius 1 is 1.06 bits per heavy atom. The number of hydrogen-bond acceptors (Lipinski definition) is 7. The number of carbonyl (C=O) groups is 4. The zero-order valence-corrected chi connectivity index (χ0v) is 20.2. The predicted octanol–water partition coefficient (Wildman–Crippen LogP) is 1.82. The van der Waals surface area contributed by atoms with Crippen molar-refractivity contribution >= 4 is 29.8 Å². The second kappa shape index (κ2) is 11.6. The van der Waals surface area contributed by atoms with E-state index in [2.05, 4.69) is 10.2 Å². The van der Waals surface area contributed by atoms with E-state index in [-0.39, 0.29) is 37.0 Å². The van der Waals surface area contributed by atoms with Crippen molar-refractivity contribution in [3.63, 3.8) is 0 Å². The Balaban J connectivity index is 1.31. The van der Waals surface area contributed by atoms with Crippen LogP contribution in [0.2, 0.25) is 0 Å². The third kappa shape index (κ3) is 6.18. The molecule has 3 aliphatic rings. The van der Waals surface area contributed by atoms with Crippen molar-refractivity contribution in [1.82, 2.24) is 15.1 Å². The van der Waals surface area contributed by atoms with E-state index in [4.69, 9.17) is 9.47 Å². The Kier molecular flexibility index (Phi) is 8.35. The molecule has 0 unspecified atom stereocenters. The van der Waals surface area contributed by atoms with E-state index in [1.165, 1.54) is 12.0 Å². The number of likely N-dealkylation sites (tertiary alicyclic amines) is 2. The van der Waals surface area contributed by atoms with Gasteiger partial charge in [0, 0.05) is 57.7 Å². The van der Waals surface area contributed by atoms with Crippen molar-refractivity contribution in [3.05, 3.63) is 23.8 Å². The summed E-state index contributed by atoms with van der Waals surface area (Å²) in [6.45, 7) is 4.20. The van der Waals surface area contributed by atoms with Crippen LogP contribution in [0.25, 0.3) is 0 Å². The fourth-order valence-corrected chi connectivity index (χ4v) is 4.98. The lowest BCUT2D eigenvalue weighted by Crippen LogP contribution is -2.49. The van der Waals surface area contributed by atoms with Gasteiger partial charge in [-0.15, -0.1) is 0 Å². The molecule has 0 atom stereocenters. The van der Waals surface area contributed by atoms with Crippen LogP contribution in [0.3, 0.4) is 0 Å². The highest BCUT2D eigenvalue weighted by atomic mass is 16.5. The van der Waals surface area contributed by atoms with Crippen LogP contribution in [0, 0.1) is 0 Å². The van der Waals surface area contributed by atoms with Crippen LogP contribution in [0.5, 0.6) is 5.75 Å². The summed E-state index contributed by atoms with van der Waals surface area (Å²) in [6, 6.07) is 4.54. The van der Waals surface area contributed by atoms with Gasteiger partial charge in [0.05, 0.1) is 25.0 Å². The molecule has 10 heteroatoms. The zero-order valence-electron chi connectivity index (χ0n) is 20.2. The summed E-state index contributed by atoms with van der Waals surface area (Å²) in [4.78, 5) is 53.2. The lowest BCUT2D eigenvalue weighted by molar-refractivity contribution is -0.120. The first kappa shape index (κ1) is 25.1. The van der Waals surface area contributed by atoms with E-state index >= 15 is 0 Å². The number of ether oxygens (including phenoxy) is 2. The normalized spacial score (nSPS) is 20.6. The van der Waals surface area contributed by atoms with Gasteiger partial charge in [0.1, 0.15) is 12.0 Å². The summed E-state index contributed by atoms with van der Waals surface area (Å²) in [5, 5.41) is 2.31. The molecule has 3 aliphatic heterocycles. The molecule has 35 heavy (non-hydrogen) atoms. The molecule has 3 fully saturated rings. The lowest BCUT2D eigenvalue weighted by atomic mass is 10.0. The molecule has 0 saturated carbocycles. The lowest BCUT2D eigenvalue weighted by Gasteiger charge is -2.37. The third-order valence-corrected chi connectivity index (χ3v) is 6.98. The topological polar surface area (TPSA) is 108 Å². The zero-order chi connectivity index (χ0) is 24.8. The highest BCUT2D eigenvalue weighted by Gasteiger charge is 2.30. The van der Waals surface area contributed by atoms with Gasteiger partial charge in [0.15, 0.2) is 0 Å². The monoisotopic (exact) mass is 486 g/mol. The maximum Gasteiger partial charge on any atom is 0.328 e. The number of hydrogen-bond donors (Lipinski definition) is 1. The third-order valence-electron chi connectivity index (χ3n) is 6.98. The fraction of sp³-hybridized carbons (Fsp3) is 0.600. The minimum atomic E-state index is -0.517. The van der Waals surface area contributed by atoms with Crippen LogP contribution in [-0.4, -0.2) is 92.5 Å². The second-order valence-electron chi connectivity index (χ2n) is 9.27. The fourth-order valence-electron chi connectivity index (χ4n) is 4.98. The minimum absolute atomic E-state index is 0.0932. The number of methoxy groups -OCH3 is 1. The van der Waals surface area contributed by atoms with Gasteiger partial charge in [-0.3, -0.25) is 19.8 Å². The van der Waals surface area contributed by atoms with E-state index in [1.807, 2.05) is 4.90 Å². The van der Waals surface area contributed by atoms with Gasteiger partial charge in [-0.1, -0.05) is 0 Å². The molecule has 0 radical (unpaired) electrons. The number of aldehydes is 1. The van der Waals surface area contributed by atoms with E-state index < -0.39 is 6.03 Å². The number of piperidine rings is 2. The van der Waals surface area contributed by atoms with Crippen molar-refractivity contribution in [2.75, 3.05) is 51.3 Å². The van der Waals surface area contributed by atoms with Crippen molar-refractivity contribution in [2.45, 2.75) is 50.7 Å². The van der Waals surface area contributed by atoms with E-state index in [0.29, 0.717) is 36.5 Å². The Hall–Kier alpha value is -2.98. The quantitative estimate of drug-likeness (QED) is 0.559. The summed E-state index contributed by atoms with van der Waals surface area (Å²) in [5.41, 5.74) is 0.952. The van der Waals surface area contributed by atoms with Gasteiger partial charge >= 0.3 is 6.03 Å².